The van der Waals surface area contributed by atoms with E-state index in [0.29, 0.717) is 12.2 Å². The smallest absolute Gasteiger partial charge is 0.320 e. The van der Waals surface area contributed by atoms with Gasteiger partial charge in [-0.05, 0) is 24.6 Å². The quantitative estimate of drug-likeness (QED) is 0.634. The van der Waals surface area contributed by atoms with Crippen molar-refractivity contribution < 1.29 is 9.66 Å². The lowest BCUT2D eigenvalue weighted by molar-refractivity contribution is -0.558. The summed E-state index contributed by atoms with van der Waals surface area (Å²) >= 11 is 0. The summed E-state index contributed by atoms with van der Waals surface area (Å²) in [6.45, 7) is 6.01. The number of benzene rings is 2. The molecule has 1 unspecified atom stereocenters. The highest BCUT2D eigenvalue weighted by Crippen LogP contribution is 2.38. The van der Waals surface area contributed by atoms with Crippen molar-refractivity contribution in [1.29, 1.82) is 0 Å². The average Bonchev–Trinajstić information content (AvgIpc) is 2.89. The second-order valence-electron chi connectivity index (χ2n) is 6.52. The molecule has 0 aromatic heterocycles. The van der Waals surface area contributed by atoms with Crippen molar-refractivity contribution in [3.05, 3.63) is 58.1 Å². The molecule has 120 valence electrons. The van der Waals surface area contributed by atoms with Gasteiger partial charge in [0.15, 0.2) is 0 Å². The van der Waals surface area contributed by atoms with Crippen molar-refractivity contribution >= 4 is 16.7 Å². The van der Waals surface area contributed by atoms with Crippen LogP contribution >= 0.6 is 0 Å². The van der Waals surface area contributed by atoms with Crippen LogP contribution in [-0.2, 0) is 10.3 Å². The number of nitro groups is 1. The maximum Gasteiger partial charge on any atom is 0.320 e. The number of hydrogen-bond donors (Lipinski definition) is 0. The van der Waals surface area contributed by atoms with E-state index in [1.807, 2.05) is 63.2 Å². The molecule has 0 aliphatic carbocycles. The molecule has 0 radical (unpaired) electrons. The lowest BCUT2D eigenvalue weighted by Crippen LogP contribution is -2.43. The van der Waals surface area contributed by atoms with Gasteiger partial charge in [-0.15, -0.1) is 0 Å². The minimum Gasteiger partial charge on any atom is -0.473 e. The fraction of sp³-hybridized carbons (Fsp3) is 0.389. The summed E-state index contributed by atoms with van der Waals surface area (Å²) in [5.41, 5.74) is -1.25. The van der Waals surface area contributed by atoms with Gasteiger partial charge in [0.1, 0.15) is 6.61 Å². The highest BCUT2D eigenvalue weighted by molar-refractivity contribution is 5.95. The van der Waals surface area contributed by atoms with Crippen LogP contribution in [0.15, 0.2) is 47.5 Å². The SMILES string of the molecule is CCC(C1=NC(C)(C)CO1)(c1cccc2ccccc12)[N+](=O)[O-]. The Labute approximate surface area is 135 Å². The van der Waals surface area contributed by atoms with Crippen molar-refractivity contribution in [3.8, 4) is 0 Å². The van der Waals surface area contributed by atoms with Gasteiger partial charge >= 0.3 is 5.54 Å². The molecule has 1 atom stereocenters. The summed E-state index contributed by atoms with van der Waals surface area (Å²) in [6, 6.07) is 13.3. The zero-order chi connectivity index (χ0) is 16.7. The molecule has 3 rings (SSSR count). The fourth-order valence-electron chi connectivity index (χ4n) is 3.14. The molecule has 1 heterocycles. The van der Waals surface area contributed by atoms with Crippen molar-refractivity contribution in [1.82, 2.24) is 0 Å². The van der Waals surface area contributed by atoms with Crippen molar-refractivity contribution in [2.75, 3.05) is 6.61 Å². The van der Waals surface area contributed by atoms with E-state index < -0.39 is 11.1 Å². The predicted octanol–water partition coefficient (Wildman–Crippen LogP) is 3.93. The van der Waals surface area contributed by atoms with Crippen molar-refractivity contribution in [3.63, 3.8) is 0 Å². The predicted molar refractivity (Wildman–Crippen MR) is 90.4 cm³/mol. The Balaban J connectivity index is 2.30. The summed E-state index contributed by atoms with van der Waals surface area (Å²) in [4.78, 5) is 16.4. The zero-order valence-corrected chi connectivity index (χ0v) is 13.6. The molecule has 0 fully saturated rings. The third-order valence-electron chi connectivity index (χ3n) is 4.38. The molecule has 0 saturated heterocycles. The third-order valence-corrected chi connectivity index (χ3v) is 4.38. The summed E-state index contributed by atoms with van der Waals surface area (Å²) in [6.07, 6.45) is 0.281. The molecule has 2 aromatic rings. The second-order valence-corrected chi connectivity index (χ2v) is 6.52. The van der Waals surface area contributed by atoms with E-state index in [1.165, 1.54) is 0 Å². The van der Waals surface area contributed by atoms with E-state index in [9.17, 15) is 10.1 Å². The van der Waals surface area contributed by atoms with Crippen LogP contribution in [0.4, 0.5) is 0 Å². The van der Waals surface area contributed by atoms with Gasteiger partial charge in [0.05, 0.1) is 5.54 Å². The molecule has 0 spiro atoms. The molecule has 0 bridgehead atoms. The van der Waals surface area contributed by atoms with E-state index in [4.69, 9.17) is 4.74 Å². The van der Waals surface area contributed by atoms with Gasteiger partial charge in [0.25, 0.3) is 5.90 Å². The molecule has 0 saturated carbocycles. The molecule has 5 nitrogen and oxygen atoms in total. The largest absolute Gasteiger partial charge is 0.473 e. The maximum absolute atomic E-state index is 12.1. The van der Waals surface area contributed by atoms with Crippen LogP contribution in [0.5, 0.6) is 0 Å². The Morgan fingerprint density at radius 2 is 1.96 bits per heavy atom. The van der Waals surface area contributed by atoms with Crippen LogP contribution in [0.1, 0.15) is 32.8 Å². The lowest BCUT2D eigenvalue weighted by Gasteiger charge is -2.25. The van der Waals surface area contributed by atoms with E-state index in [0.717, 1.165) is 10.8 Å². The first-order valence-electron chi connectivity index (χ1n) is 7.76. The average molecular weight is 312 g/mol. The monoisotopic (exact) mass is 312 g/mol. The zero-order valence-electron chi connectivity index (χ0n) is 13.6. The van der Waals surface area contributed by atoms with Gasteiger partial charge in [-0.3, -0.25) is 10.1 Å². The first kappa shape index (κ1) is 15.5. The number of aliphatic imine (C=N–C) groups is 1. The van der Waals surface area contributed by atoms with Crippen LogP contribution in [0.25, 0.3) is 10.8 Å². The molecule has 2 aromatic carbocycles. The minimum atomic E-state index is -1.45. The normalized spacial score (nSPS) is 19.0. The van der Waals surface area contributed by atoms with Crippen LogP contribution in [0.3, 0.4) is 0 Å². The Morgan fingerprint density at radius 1 is 1.26 bits per heavy atom. The number of fused-ring (bicyclic) bond motifs is 1. The number of ether oxygens (including phenoxy) is 1. The first-order chi connectivity index (χ1) is 10.9. The van der Waals surface area contributed by atoms with E-state index in [2.05, 4.69) is 4.99 Å². The summed E-state index contributed by atoms with van der Waals surface area (Å²) in [5, 5.41) is 14.0. The maximum atomic E-state index is 12.1. The van der Waals surface area contributed by atoms with Crippen LogP contribution in [-0.4, -0.2) is 23.0 Å². The Hall–Kier alpha value is -2.43. The van der Waals surface area contributed by atoms with Gasteiger partial charge in [-0.1, -0.05) is 49.4 Å². The van der Waals surface area contributed by atoms with E-state index >= 15 is 0 Å². The summed E-state index contributed by atoms with van der Waals surface area (Å²) in [5.74, 6) is 0.214. The first-order valence-corrected chi connectivity index (χ1v) is 7.76. The summed E-state index contributed by atoms with van der Waals surface area (Å²) in [7, 11) is 0. The molecular formula is C18H20N2O3. The van der Waals surface area contributed by atoms with E-state index in [1.54, 1.807) is 0 Å². The highest BCUT2D eigenvalue weighted by atomic mass is 16.6. The highest BCUT2D eigenvalue weighted by Gasteiger charge is 2.54. The van der Waals surface area contributed by atoms with Crippen molar-refractivity contribution in [2.45, 2.75) is 38.3 Å². The lowest BCUT2D eigenvalue weighted by atomic mass is 9.84. The minimum absolute atomic E-state index is 0.214. The van der Waals surface area contributed by atoms with Gasteiger partial charge in [-0.2, -0.15) is 0 Å². The van der Waals surface area contributed by atoms with Crippen LogP contribution in [0.2, 0.25) is 0 Å². The molecule has 5 heteroatoms. The number of nitrogens with zero attached hydrogens (tertiary/aromatic N) is 2. The Morgan fingerprint density at radius 3 is 2.57 bits per heavy atom. The molecule has 1 aliphatic heterocycles. The van der Waals surface area contributed by atoms with Gasteiger partial charge in [0.2, 0.25) is 0 Å². The number of hydrogen-bond acceptors (Lipinski definition) is 4. The fourth-order valence-corrected chi connectivity index (χ4v) is 3.14. The molecule has 0 N–H and O–H groups in total. The molecule has 23 heavy (non-hydrogen) atoms. The standard InChI is InChI=1S/C18H20N2O3/c1-4-18(20(21)22,16-19-17(2,3)12-23-16)15-11-7-9-13-8-5-6-10-14(13)15/h5-11H,4,12H2,1-3H3. The van der Waals surface area contributed by atoms with Crippen LogP contribution in [0, 0.1) is 10.1 Å². The third kappa shape index (κ3) is 2.36. The van der Waals surface area contributed by atoms with E-state index in [-0.39, 0.29) is 17.2 Å². The second kappa shape index (κ2) is 5.33. The Kier molecular flexibility index (Phi) is 3.59. The molecule has 0 amide bonds. The Bertz CT molecular complexity index is 792. The molecule has 1 aliphatic rings. The molecular weight excluding hydrogens is 292 g/mol. The van der Waals surface area contributed by atoms with Gasteiger partial charge in [-0.25, -0.2) is 4.99 Å². The van der Waals surface area contributed by atoms with Gasteiger partial charge < -0.3 is 4.74 Å². The van der Waals surface area contributed by atoms with Gasteiger partial charge in [0, 0.05) is 16.9 Å². The topological polar surface area (TPSA) is 64.7 Å². The summed E-state index contributed by atoms with van der Waals surface area (Å²) < 4.78 is 5.70. The van der Waals surface area contributed by atoms with Crippen molar-refractivity contribution in [2.24, 2.45) is 4.99 Å². The van der Waals surface area contributed by atoms with Crippen LogP contribution < -0.4 is 0 Å². The number of rotatable bonds is 4.